The Morgan fingerprint density at radius 2 is 1.80 bits per heavy atom. The molecule has 0 aliphatic heterocycles. The van der Waals surface area contributed by atoms with Gasteiger partial charge in [0.05, 0.1) is 11.0 Å². The molecule has 2 heterocycles. The number of benzene rings is 1. The molecule has 2 heteroatoms. The first-order valence-corrected chi connectivity index (χ1v) is 4.89. The van der Waals surface area contributed by atoms with Crippen molar-refractivity contribution in [3.8, 4) is 0 Å². The van der Waals surface area contributed by atoms with E-state index in [4.69, 9.17) is 0 Å². The highest BCUT2D eigenvalue weighted by Gasteiger charge is 2.06. The molecule has 15 heavy (non-hydrogen) atoms. The van der Waals surface area contributed by atoms with Crippen LogP contribution in [-0.4, -0.2) is 9.97 Å². The van der Waals surface area contributed by atoms with E-state index in [-0.39, 0.29) is 0 Å². The minimum Gasteiger partial charge on any atom is -0.256 e. The van der Waals surface area contributed by atoms with Gasteiger partial charge in [-0.05, 0) is 35.2 Å². The molecular weight excluding hydrogens is 184 g/mol. The Morgan fingerprint density at radius 1 is 1.00 bits per heavy atom. The van der Waals surface area contributed by atoms with Gasteiger partial charge in [-0.1, -0.05) is 12.6 Å². The lowest BCUT2D eigenvalue weighted by molar-refractivity contribution is 1.33. The van der Waals surface area contributed by atoms with Crippen molar-refractivity contribution in [2.24, 2.45) is 0 Å². The second-order valence-electron chi connectivity index (χ2n) is 3.77. The third-order valence-electron chi connectivity index (χ3n) is 2.76. The van der Waals surface area contributed by atoms with E-state index >= 15 is 0 Å². The van der Waals surface area contributed by atoms with Crippen LogP contribution in [0.4, 0.5) is 0 Å². The lowest BCUT2D eigenvalue weighted by atomic mass is 10.0. The Balaban J connectivity index is 2.79. The lowest BCUT2D eigenvalue weighted by Crippen LogP contribution is -2.02. The smallest absolute Gasteiger partial charge is 0.0745 e. The Labute approximate surface area is 87.3 Å². The molecule has 72 valence electrons. The summed E-state index contributed by atoms with van der Waals surface area (Å²) in [6.45, 7) is 6.12. The largest absolute Gasteiger partial charge is 0.256 e. The van der Waals surface area contributed by atoms with Crippen molar-refractivity contribution in [2.45, 2.75) is 6.92 Å². The summed E-state index contributed by atoms with van der Waals surface area (Å²) in [4.78, 5) is 8.75. The maximum Gasteiger partial charge on any atom is 0.0745 e. The minimum absolute atomic E-state index is 0.992. The molecule has 0 atom stereocenters. The van der Waals surface area contributed by atoms with Crippen LogP contribution in [0.3, 0.4) is 0 Å². The monoisotopic (exact) mass is 194 g/mol. The second kappa shape index (κ2) is 2.76. The molecular formula is C13H10N2. The van der Waals surface area contributed by atoms with Gasteiger partial charge in [-0.15, -0.1) is 0 Å². The van der Waals surface area contributed by atoms with E-state index in [0.717, 1.165) is 27.2 Å². The quantitative estimate of drug-likeness (QED) is 0.548. The van der Waals surface area contributed by atoms with E-state index in [2.05, 4.69) is 23.5 Å². The van der Waals surface area contributed by atoms with Crippen molar-refractivity contribution in [1.82, 2.24) is 9.97 Å². The fourth-order valence-corrected chi connectivity index (χ4v) is 2.06. The molecule has 0 N–H and O–H groups in total. The maximum atomic E-state index is 4.40. The van der Waals surface area contributed by atoms with Crippen molar-refractivity contribution in [1.29, 1.82) is 0 Å². The highest BCUT2D eigenvalue weighted by Crippen LogP contribution is 2.22. The summed E-state index contributed by atoms with van der Waals surface area (Å²) in [5, 5.41) is 3.36. The summed E-state index contributed by atoms with van der Waals surface area (Å²) in [5.74, 6) is 0. The van der Waals surface area contributed by atoms with Gasteiger partial charge >= 0.3 is 0 Å². The SMILES string of the molecule is C=c1ccc2nccc3ncc(C)c1c23. The van der Waals surface area contributed by atoms with Crippen LogP contribution in [0.1, 0.15) is 5.56 Å². The molecule has 0 saturated heterocycles. The summed E-state index contributed by atoms with van der Waals surface area (Å²) in [6.07, 6.45) is 3.69. The van der Waals surface area contributed by atoms with Crippen molar-refractivity contribution in [2.75, 3.05) is 0 Å². The molecule has 0 spiro atoms. The van der Waals surface area contributed by atoms with Crippen molar-refractivity contribution < 1.29 is 0 Å². The number of hydrogen-bond donors (Lipinski definition) is 0. The molecule has 0 fully saturated rings. The number of aromatic nitrogens is 2. The zero-order chi connectivity index (χ0) is 10.4. The summed E-state index contributed by atoms with van der Waals surface area (Å²) in [6, 6.07) is 5.95. The zero-order valence-corrected chi connectivity index (χ0v) is 8.49. The predicted octanol–water partition coefficient (Wildman–Crippen LogP) is 2.22. The van der Waals surface area contributed by atoms with Gasteiger partial charge in [0.1, 0.15) is 0 Å². The van der Waals surface area contributed by atoms with E-state index in [9.17, 15) is 0 Å². The molecule has 0 unspecified atom stereocenters. The topological polar surface area (TPSA) is 25.8 Å². The third kappa shape index (κ3) is 1.05. The summed E-state index contributed by atoms with van der Waals surface area (Å²) in [7, 11) is 0. The van der Waals surface area contributed by atoms with Crippen LogP contribution in [0.25, 0.3) is 28.4 Å². The van der Waals surface area contributed by atoms with Crippen LogP contribution in [-0.2, 0) is 0 Å². The fraction of sp³-hybridized carbons (Fsp3) is 0.0769. The highest BCUT2D eigenvalue weighted by molar-refractivity contribution is 6.07. The van der Waals surface area contributed by atoms with Crippen LogP contribution in [0.5, 0.6) is 0 Å². The van der Waals surface area contributed by atoms with Crippen LogP contribution in [0, 0.1) is 6.92 Å². The molecule has 0 aliphatic carbocycles. The van der Waals surface area contributed by atoms with Gasteiger partial charge in [-0.3, -0.25) is 9.97 Å². The van der Waals surface area contributed by atoms with Gasteiger partial charge in [-0.25, -0.2) is 0 Å². The Bertz CT molecular complexity index is 685. The lowest BCUT2D eigenvalue weighted by Gasteiger charge is -2.06. The van der Waals surface area contributed by atoms with Crippen molar-refractivity contribution in [3.05, 3.63) is 41.4 Å². The number of pyridine rings is 2. The zero-order valence-electron chi connectivity index (χ0n) is 8.49. The Kier molecular flexibility index (Phi) is 1.54. The van der Waals surface area contributed by atoms with Gasteiger partial charge in [-0.2, -0.15) is 0 Å². The molecule has 3 aromatic rings. The normalized spacial score (nSPS) is 11.3. The molecule has 0 aliphatic rings. The minimum atomic E-state index is 0.992. The van der Waals surface area contributed by atoms with Crippen LogP contribution < -0.4 is 5.22 Å². The number of rotatable bonds is 0. The fourth-order valence-electron chi connectivity index (χ4n) is 2.06. The molecule has 2 aromatic heterocycles. The number of aryl methyl sites for hydroxylation is 1. The summed E-state index contributed by atoms with van der Waals surface area (Å²) in [5.41, 5.74) is 3.14. The van der Waals surface area contributed by atoms with Crippen LogP contribution in [0.15, 0.2) is 30.6 Å². The summed E-state index contributed by atoms with van der Waals surface area (Å²) >= 11 is 0. The average Bonchev–Trinajstić information content (AvgIpc) is 2.25. The molecule has 2 nitrogen and oxygen atoms in total. The van der Waals surface area contributed by atoms with Crippen molar-refractivity contribution in [3.63, 3.8) is 0 Å². The van der Waals surface area contributed by atoms with Crippen LogP contribution in [0.2, 0.25) is 0 Å². The van der Waals surface area contributed by atoms with Gasteiger partial charge in [0.2, 0.25) is 0 Å². The van der Waals surface area contributed by atoms with Gasteiger partial charge < -0.3 is 0 Å². The van der Waals surface area contributed by atoms with E-state index in [1.54, 1.807) is 6.20 Å². The first-order chi connectivity index (χ1) is 7.27. The molecule has 0 bridgehead atoms. The van der Waals surface area contributed by atoms with E-state index < -0.39 is 0 Å². The Morgan fingerprint density at radius 3 is 2.67 bits per heavy atom. The molecule has 3 rings (SSSR count). The number of nitrogens with zero attached hydrogens (tertiary/aromatic N) is 2. The average molecular weight is 194 g/mol. The van der Waals surface area contributed by atoms with E-state index in [1.165, 1.54) is 5.39 Å². The van der Waals surface area contributed by atoms with E-state index in [0.29, 0.717) is 0 Å². The molecule has 0 radical (unpaired) electrons. The first-order valence-electron chi connectivity index (χ1n) is 4.89. The third-order valence-corrected chi connectivity index (χ3v) is 2.76. The maximum absolute atomic E-state index is 4.40. The Hall–Kier alpha value is -1.96. The molecule has 1 aromatic carbocycles. The van der Waals surface area contributed by atoms with Gasteiger partial charge in [0.15, 0.2) is 0 Å². The molecule has 0 saturated carbocycles. The first kappa shape index (κ1) is 8.36. The van der Waals surface area contributed by atoms with Crippen LogP contribution >= 0.6 is 0 Å². The second-order valence-corrected chi connectivity index (χ2v) is 3.77. The van der Waals surface area contributed by atoms with Gasteiger partial charge in [0.25, 0.3) is 0 Å². The highest BCUT2D eigenvalue weighted by atomic mass is 14.7. The standard InChI is InChI=1S/C13H10N2/c1-8-3-4-10-13-11(5-6-14-10)15-7-9(2)12(8)13/h3-7H,1H2,2H3. The molecule has 0 amide bonds. The summed E-state index contributed by atoms with van der Waals surface area (Å²) < 4.78 is 0. The van der Waals surface area contributed by atoms with E-state index in [1.807, 2.05) is 24.4 Å². The van der Waals surface area contributed by atoms with Crippen molar-refractivity contribution >= 4 is 28.4 Å². The van der Waals surface area contributed by atoms with Gasteiger partial charge in [0, 0.05) is 17.8 Å². The number of hydrogen-bond acceptors (Lipinski definition) is 2. The predicted molar refractivity (Wildman–Crippen MR) is 62.5 cm³/mol.